The maximum atomic E-state index is 6.18. The Labute approximate surface area is 117 Å². The lowest BCUT2D eigenvalue weighted by Crippen LogP contribution is -2.64. The molecule has 2 saturated heterocycles. The molecule has 2 aliphatic heterocycles. The lowest BCUT2D eigenvalue weighted by atomic mass is 9.77. The normalized spacial score (nSPS) is 40.3. The molecule has 0 bridgehead atoms. The summed E-state index contributed by atoms with van der Waals surface area (Å²) < 4.78 is 11.6. The first-order chi connectivity index (χ1) is 8.85. The third kappa shape index (κ3) is 3.13. The fourth-order valence-corrected chi connectivity index (χ4v) is 3.80. The summed E-state index contributed by atoms with van der Waals surface area (Å²) in [5.41, 5.74) is 6.17. The third-order valence-corrected chi connectivity index (χ3v) is 5.02. The van der Waals surface area contributed by atoms with Crippen LogP contribution in [0.2, 0.25) is 0 Å². The van der Waals surface area contributed by atoms with Crippen molar-refractivity contribution < 1.29 is 9.47 Å². The van der Waals surface area contributed by atoms with Gasteiger partial charge in [-0.1, -0.05) is 0 Å². The zero-order valence-electron chi connectivity index (χ0n) is 13.0. The van der Waals surface area contributed by atoms with Crippen molar-refractivity contribution in [2.75, 3.05) is 33.4 Å². The number of rotatable bonds is 3. The Kier molecular flexibility index (Phi) is 4.26. The molecule has 0 aromatic carbocycles. The highest BCUT2D eigenvalue weighted by Crippen LogP contribution is 2.39. The van der Waals surface area contributed by atoms with Gasteiger partial charge in [0, 0.05) is 32.3 Å². The van der Waals surface area contributed by atoms with E-state index in [0.717, 1.165) is 39.0 Å². The van der Waals surface area contributed by atoms with Crippen molar-refractivity contribution in [1.82, 2.24) is 4.90 Å². The van der Waals surface area contributed by atoms with Gasteiger partial charge in [-0.2, -0.15) is 0 Å². The van der Waals surface area contributed by atoms with E-state index >= 15 is 0 Å². The summed E-state index contributed by atoms with van der Waals surface area (Å²) in [7, 11) is 1.83. The maximum absolute atomic E-state index is 6.18. The minimum Gasteiger partial charge on any atom is -0.377 e. The second kappa shape index (κ2) is 5.32. The summed E-state index contributed by atoms with van der Waals surface area (Å²) in [5.74, 6) is 0. The van der Waals surface area contributed by atoms with Crippen molar-refractivity contribution in [3.8, 4) is 0 Å². The van der Waals surface area contributed by atoms with Crippen molar-refractivity contribution in [3.05, 3.63) is 0 Å². The Morgan fingerprint density at radius 1 is 1.26 bits per heavy atom. The fourth-order valence-electron chi connectivity index (χ4n) is 3.80. The van der Waals surface area contributed by atoms with Crippen LogP contribution in [0, 0.1) is 0 Å². The van der Waals surface area contributed by atoms with Crippen molar-refractivity contribution in [1.29, 1.82) is 0 Å². The van der Waals surface area contributed by atoms with E-state index in [-0.39, 0.29) is 16.7 Å². The molecule has 0 saturated carbocycles. The second-order valence-corrected chi connectivity index (χ2v) is 7.14. The smallest absolute Gasteiger partial charge is 0.0777 e. The van der Waals surface area contributed by atoms with Crippen molar-refractivity contribution >= 4 is 0 Å². The van der Waals surface area contributed by atoms with Crippen LogP contribution in [0.3, 0.4) is 0 Å². The topological polar surface area (TPSA) is 47.7 Å². The van der Waals surface area contributed by atoms with Crippen LogP contribution < -0.4 is 5.73 Å². The van der Waals surface area contributed by atoms with Gasteiger partial charge in [0.15, 0.2) is 0 Å². The molecule has 2 unspecified atom stereocenters. The van der Waals surface area contributed by atoms with E-state index in [1.807, 2.05) is 7.11 Å². The molecular weight excluding hydrogens is 240 g/mol. The third-order valence-electron chi connectivity index (χ3n) is 5.02. The highest BCUT2D eigenvalue weighted by Gasteiger charge is 2.47. The first-order valence-corrected chi connectivity index (χ1v) is 7.49. The van der Waals surface area contributed by atoms with Crippen LogP contribution in [0.1, 0.15) is 46.5 Å². The molecule has 0 aliphatic carbocycles. The molecule has 0 amide bonds. The van der Waals surface area contributed by atoms with E-state index in [0.29, 0.717) is 6.54 Å². The van der Waals surface area contributed by atoms with Crippen LogP contribution in [0.25, 0.3) is 0 Å². The predicted molar refractivity (Wildman–Crippen MR) is 77.3 cm³/mol. The fraction of sp³-hybridized carbons (Fsp3) is 1.00. The molecule has 2 atom stereocenters. The molecular formula is C15H30N2O2. The van der Waals surface area contributed by atoms with Gasteiger partial charge >= 0.3 is 0 Å². The average Bonchev–Trinajstić information content (AvgIpc) is 2.37. The predicted octanol–water partition coefficient (Wildman–Crippen LogP) is 1.77. The van der Waals surface area contributed by atoms with Gasteiger partial charge in [0.2, 0.25) is 0 Å². The Morgan fingerprint density at radius 3 is 2.58 bits per heavy atom. The van der Waals surface area contributed by atoms with Gasteiger partial charge in [0.05, 0.1) is 11.2 Å². The number of hydrogen-bond donors (Lipinski definition) is 1. The molecule has 2 heterocycles. The number of piperidine rings is 1. The summed E-state index contributed by atoms with van der Waals surface area (Å²) in [4.78, 5) is 2.57. The molecule has 4 nitrogen and oxygen atoms in total. The van der Waals surface area contributed by atoms with Crippen LogP contribution in [0.15, 0.2) is 0 Å². The van der Waals surface area contributed by atoms with Gasteiger partial charge in [0.1, 0.15) is 0 Å². The number of methoxy groups -OCH3 is 1. The van der Waals surface area contributed by atoms with Crippen molar-refractivity contribution in [3.63, 3.8) is 0 Å². The van der Waals surface area contributed by atoms with Gasteiger partial charge in [-0.15, -0.1) is 0 Å². The van der Waals surface area contributed by atoms with Gasteiger partial charge in [0.25, 0.3) is 0 Å². The van der Waals surface area contributed by atoms with Crippen molar-refractivity contribution in [2.24, 2.45) is 5.73 Å². The van der Waals surface area contributed by atoms with Crippen LogP contribution in [-0.4, -0.2) is 55.0 Å². The quantitative estimate of drug-likeness (QED) is 0.849. The summed E-state index contributed by atoms with van der Waals surface area (Å²) in [6, 6.07) is 0. The zero-order chi connectivity index (χ0) is 14.1. The molecule has 112 valence electrons. The summed E-state index contributed by atoms with van der Waals surface area (Å²) >= 11 is 0. The van der Waals surface area contributed by atoms with Crippen LogP contribution in [0.4, 0.5) is 0 Å². The standard InChI is InChI=1S/C15H30N2O2/c1-13(2)10-15(11-16,7-9-19-13)17-8-5-6-14(3,12-17)18-4/h5-12,16H2,1-4H3. The maximum Gasteiger partial charge on any atom is 0.0777 e. The van der Waals surface area contributed by atoms with Gasteiger partial charge < -0.3 is 15.2 Å². The zero-order valence-corrected chi connectivity index (χ0v) is 13.0. The van der Waals surface area contributed by atoms with Crippen LogP contribution in [0.5, 0.6) is 0 Å². The molecule has 0 spiro atoms. The summed E-state index contributed by atoms with van der Waals surface area (Å²) in [5, 5.41) is 0. The SMILES string of the molecule is COC1(C)CCCN(C2(CN)CCOC(C)(C)C2)C1. The Morgan fingerprint density at radius 2 is 2.00 bits per heavy atom. The highest BCUT2D eigenvalue weighted by molar-refractivity contribution is 5.02. The number of ether oxygens (including phenoxy) is 2. The molecule has 0 aromatic heterocycles. The van der Waals surface area contributed by atoms with Gasteiger partial charge in [-0.05, 0) is 53.0 Å². The lowest BCUT2D eigenvalue weighted by Gasteiger charge is -2.54. The number of likely N-dealkylation sites (tertiary alicyclic amines) is 1. The van der Waals surface area contributed by atoms with Crippen molar-refractivity contribution in [2.45, 2.75) is 63.2 Å². The average molecular weight is 270 g/mol. The lowest BCUT2D eigenvalue weighted by molar-refractivity contribution is -0.145. The van der Waals surface area contributed by atoms with E-state index in [4.69, 9.17) is 15.2 Å². The summed E-state index contributed by atoms with van der Waals surface area (Å²) in [6.45, 7) is 10.2. The number of hydrogen-bond acceptors (Lipinski definition) is 4. The van der Waals surface area contributed by atoms with E-state index in [1.165, 1.54) is 6.42 Å². The van der Waals surface area contributed by atoms with Gasteiger partial charge in [-0.3, -0.25) is 4.90 Å². The first-order valence-electron chi connectivity index (χ1n) is 7.49. The molecule has 2 N–H and O–H groups in total. The van der Waals surface area contributed by atoms with Crippen LogP contribution in [-0.2, 0) is 9.47 Å². The van der Waals surface area contributed by atoms with E-state index in [1.54, 1.807) is 0 Å². The molecule has 4 heteroatoms. The molecule has 0 radical (unpaired) electrons. The summed E-state index contributed by atoms with van der Waals surface area (Å²) in [6.07, 6.45) is 4.37. The minimum atomic E-state index is -0.0709. The molecule has 2 rings (SSSR count). The first kappa shape index (κ1) is 15.2. The molecule has 2 aliphatic rings. The van der Waals surface area contributed by atoms with Crippen LogP contribution >= 0.6 is 0 Å². The molecule has 0 aromatic rings. The Bertz CT molecular complexity index is 321. The molecule has 19 heavy (non-hydrogen) atoms. The largest absolute Gasteiger partial charge is 0.377 e. The van der Waals surface area contributed by atoms with Gasteiger partial charge in [-0.25, -0.2) is 0 Å². The Hall–Kier alpha value is -0.160. The highest BCUT2D eigenvalue weighted by atomic mass is 16.5. The Balaban J connectivity index is 2.16. The monoisotopic (exact) mass is 270 g/mol. The minimum absolute atomic E-state index is 0.0249. The molecule has 2 fully saturated rings. The second-order valence-electron chi connectivity index (χ2n) is 7.14. The van der Waals surface area contributed by atoms with E-state index < -0.39 is 0 Å². The number of nitrogens with two attached hydrogens (primary N) is 1. The number of nitrogens with zero attached hydrogens (tertiary/aromatic N) is 1. The van der Waals surface area contributed by atoms with E-state index in [9.17, 15) is 0 Å². The van der Waals surface area contributed by atoms with E-state index in [2.05, 4.69) is 25.7 Å².